The summed E-state index contributed by atoms with van der Waals surface area (Å²) in [6.07, 6.45) is 0. The Labute approximate surface area is 132 Å². The van der Waals surface area contributed by atoms with Crippen LogP contribution in [0.3, 0.4) is 0 Å². The largest absolute Gasteiger partial charge is 0.309 e. The number of anilines is 2. The third-order valence-electron chi connectivity index (χ3n) is 3.50. The predicted octanol–water partition coefficient (Wildman–Crippen LogP) is 3.22. The molecule has 2 aromatic rings. The standard InChI is InChI=1S/C14H14Cl2N4O/c1-8(2)12-13(21)20-6-5-19(14(20)18-17-12)9-3-4-10(15)11(16)7-9/h3-4,7-8H,5-6H2,1-2H3. The van der Waals surface area contributed by atoms with Gasteiger partial charge in [-0.1, -0.05) is 37.0 Å². The maximum Gasteiger partial charge on any atom is 0.277 e. The van der Waals surface area contributed by atoms with E-state index in [1.807, 2.05) is 24.8 Å². The molecule has 0 atom stereocenters. The second-order valence-electron chi connectivity index (χ2n) is 5.25. The van der Waals surface area contributed by atoms with Crippen molar-refractivity contribution in [3.8, 4) is 0 Å². The summed E-state index contributed by atoms with van der Waals surface area (Å²) in [7, 11) is 0. The maximum atomic E-state index is 12.4. The molecule has 110 valence electrons. The molecule has 0 saturated carbocycles. The highest BCUT2D eigenvalue weighted by molar-refractivity contribution is 6.42. The van der Waals surface area contributed by atoms with E-state index in [1.54, 1.807) is 16.7 Å². The van der Waals surface area contributed by atoms with Crippen molar-refractivity contribution in [2.24, 2.45) is 0 Å². The Hall–Kier alpha value is -1.59. The fraction of sp³-hybridized carbons (Fsp3) is 0.357. The number of aromatic nitrogens is 3. The summed E-state index contributed by atoms with van der Waals surface area (Å²) >= 11 is 12.0. The number of rotatable bonds is 2. The normalized spacial score (nSPS) is 13.9. The highest BCUT2D eigenvalue weighted by Gasteiger charge is 2.26. The summed E-state index contributed by atoms with van der Waals surface area (Å²) in [5.74, 6) is 0.601. The molecular weight excluding hydrogens is 311 g/mol. The third kappa shape index (κ3) is 2.40. The van der Waals surface area contributed by atoms with Gasteiger partial charge in [-0.05, 0) is 18.2 Å². The van der Waals surface area contributed by atoms with E-state index >= 15 is 0 Å². The van der Waals surface area contributed by atoms with Gasteiger partial charge in [-0.15, -0.1) is 10.2 Å². The molecule has 0 N–H and O–H groups in total. The zero-order valence-electron chi connectivity index (χ0n) is 11.7. The number of fused-ring (bicyclic) bond motifs is 1. The number of halogens is 2. The number of nitrogens with zero attached hydrogens (tertiary/aromatic N) is 4. The molecule has 1 aliphatic heterocycles. The van der Waals surface area contributed by atoms with Gasteiger partial charge in [-0.3, -0.25) is 9.36 Å². The number of hydrogen-bond acceptors (Lipinski definition) is 4. The maximum absolute atomic E-state index is 12.4. The monoisotopic (exact) mass is 324 g/mol. The van der Waals surface area contributed by atoms with Crippen LogP contribution >= 0.6 is 23.2 Å². The third-order valence-corrected chi connectivity index (χ3v) is 4.24. The summed E-state index contributed by atoms with van der Waals surface area (Å²) in [6, 6.07) is 5.35. The highest BCUT2D eigenvalue weighted by Crippen LogP contribution is 2.32. The van der Waals surface area contributed by atoms with E-state index in [9.17, 15) is 4.79 Å². The first kappa shape index (κ1) is 14.4. The average Bonchev–Trinajstić information content (AvgIpc) is 2.86. The minimum atomic E-state index is -0.0717. The van der Waals surface area contributed by atoms with E-state index in [0.29, 0.717) is 34.8 Å². The van der Waals surface area contributed by atoms with E-state index in [1.165, 1.54) is 0 Å². The summed E-state index contributed by atoms with van der Waals surface area (Å²) in [5, 5.41) is 9.27. The molecule has 0 fully saturated rings. The Morgan fingerprint density at radius 1 is 1.14 bits per heavy atom. The van der Waals surface area contributed by atoms with Gasteiger partial charge in [0, 0.05) is 24.7 Å². The number of benzene rings is 1. The van der Waals surface area contributed by atoms with Crippen molar-refractivity contribution in [2.75, 3.05) is 11.4 Å². The average molecular weight is 325 g/mol. The van der Waals surface area contributed by atoms with Crippen molar-refractivity contribution in [3.63, 3.8) is 0 Å². The van der Waals surface area contributed by atoms with Crippen LogP contribution in [0.25, 0.3) is 0 Å². The first-order chi connectivity index (χ1) is 9.99. The topological polar surface area (TPSA) is 51.0 Å². The lowest BCUT2D eigenvalue weighted by molar-refractivity contribution is 0.678. The van der Waals surface area contributed by atoms with Crippen LogP contribution in [0.5, 0.6) is 0 Å². The van der Waals surface area contributed by atoms with Gasteiger partial charge in [-0.25, -0.2) is 0 Å². The van der Waals surface area contributed by atoms with Gasteiger partial charge in [-0.2, -0.15) is 0 Å². The van der Waals surface area contributed by atoms with Gasteiger partial charge in [0.2, 0.25) is 5.95 Å². The molecule has 0 spiro atoms. The van der Waals surface area contributed by atoms with E-state index in [2.05, 4.69) is 10.2 Å². The van der Waals surface area contributed by atoms with Gasteiger partial charge < -0.3 is 4.90 Å². The molecule has 7 heteroatoms. The van der Waals surface area contributed by atoms with Gasteiger partial charge in [0.15, 0.2) is 0 Å². The lowest BCUT2D eigenvalue weighted by Crippen LogP contribution is -2.26. The Bertz CT molecular complexity index is 757. The Morgan fingerprint density at radius 3 is 2.57 bits per heavy atom. The molecule has 2 heterocycles. The summed E-state index contributed by atoms with van der Waals surface area (Å²) in [6.45, 7) is 5.11. The van der Waals surface area contributed by atoms with Crippen LogP contribution < -0.4 is 10.5 Å². The smallest absolute Gasteiger partial charge is 0.277 e. The second kappa shape index (κ2) is 5.31. The minimum absolute atomic E-state index is 0.0572. The van der Waals surface area contributed by atoms with E-state index in [4.69, 9.17) is 23.2 Å². The molecule has 0 radical (unpaired) electrons. The molecule has 0 saturated heterocycles. The van der Waals surface area contributed by atoms with Crippen LogP contribution in [0.2, 0.25) is 10.0 Å². The zero-order chi connectivity index (χ0) is 15.1. The first-order valence-corrected chi connectivity index (χ1v) is 7.44. The lowest BCUT2D eigenvalue weighted by atomic mass is 10.1. The van der Waals surface area contributed by atoms with Gasteiger partial charge in [0.1, 0.15) is 5.69 Å². The summed E-state index contributed by atoms with van der Waals surface area (Å²) in [5.41, 5.74) is 1.27. The molecule has 1 aromatic carbocycles. The van der Waals surface area contributed by atoms with E-state index < -0.39 is 0 Å². The van der Waals surface area contributed by atoms with Gasteiger partial charge in [0.05, 0.1) is 10.0 Å². The zero-order valence-corrected chi connectivity index (χ0v) is 13.2. The Balaban J connectivity index is 2.07. The Morgan fingerprint density at radius 2 is 1.90 bits per heavy atom. The molecule has 0 aliphatic carbocycles. The van der Waals surface area contributed by atoms with Crippen LogP contribution in [0.1, 0.15) is 25.5 Å². The predicted molar refractivity (Wildman–Crippen MR) is 83.8 cm³/mol. The van der Waals surface area contributed by atoms with Crippen LogP contribution in [-0.2, 0) is 6.54 Å². The minimum Gasteiger partial charge on any atom is -0.309 e. The lowest BCUT2D eigenvalue weighted by Gasteiger charge is -2.17. The van der Waals surface area contributed by atoms with Crippen molar-refractivity contribution >= 4 is 34.8 Å². The number of hydrogen-bond donors (Lipinski definition) is 0. The van der Waals surface area contributed by atoms with Gasteiger partial charge in [0.25, 0.3) is 5.56 Å². The van der Waals surface area contributed by atoms with Crippen LogP contribution in [-0.4, -0.2) is 21.3 Å². The van der Waals surface area contributed by atoms with Crippen LogP contribution in [0.4, 0.5) is 11.6 Å². The van der Waals surface area contributed by atoms with Gasteiger partial charge >= 0.3 is 0 Å². The van der Waals surface area contributed by atoms with Crippen LogP contribution in [0.15, 0.2) is 23.0 Å². The SMILES string of the molecule is CC(C)c1nnc2n(c1=O)CCN2c1ccc(Cl)c(Cl)c1. The molecule has 0 amide bonds. The van der Waals surface area contributed by atoms with Crippen molar-refractivity contribution in [1.82, 2.24) is 14.8 Å². The Kier molecular flexibility index (Phi) is 3.63. The first-order valence-electron chi connectivity index (χ1n) is 6.69. The molecule has 0 bridgehead atoms. The second-order valence-corrected chi connectivity index (χ2v) is 6.06. The van der Waals surface area contributed by atoms with Crippen LogP contribution in [0, 0.1) is 0 Å². The highest BCUT2D eigenvalue weighted by atomic mass is 35.5. The molecular formula is C14H14Cl2N4O. The summed E-state index contributed by atoms with van der Waals surface area (Å²) < 4.78 is 1.66. The van der Waals surface area contributed by atoms with E-state index in [-0.39, 0.29) is 11.5 Å². The fourth-order valence-corrected chi connectivity index (χ4v) is 2.68. The van der Waals surface area contributed by atoms with Crippen molar-refractivity contribution in [1.29, 1.82) is 0 Å². The fourth-order valence-electron chi connectivity index (χ4n) is 2.39. The molecule has 3 rings (SSSR count). The van der Waals surface area contributed by atoms with Crippen molar-refractivity contribution in [3.05, 3.63) is 44.3 Å². The molecule has 0 unspecified atom stereocenters. The van der Waals surface area contributed by atoms with Crippen molar-refractivity contribution < 1.29 is 0 Å². The molecule has 1 aromatic heterocycles. The summed E-state index contributed by atoms with van der Waals surface area (Å²) in [4.78, 5) is 14.3. The molecule has 1 aliphatic rings. The molecule has 5 nitrogen and oxygen atoms in total. The van der Waals surface area contributed by atoms with E-state index in [0.717, 1.165) is 5.69 Å². The quantitative estimate of drug-likeness (QED) is 0.851. The molecule has 21 heavy (non-hydrogen) atoms. The van der Waals surface area contributed by atoms with Crippen molar-refractivity contribution in [2.45, 2.75) is 26.3 Å².